The largest absolute Gasteiger partial charge is 0.387 e. The van der Waals surface area contributed by atoms with Crippen LogP contribution in [0.4, 0.5) is 0 Å². The lowest BCUT2D eigenvalue weighted by molar-refractivity contribution is 0.0190. The van der Waals surface area contributed by atoms with Crippen LogP contribution < -0.4 is 0 Å². The van der Waals surface area contributed by atoms with Crippen LogP contribution in [0.5, 0.6) is 0 Å². The first-order chi connectivity index (χ1) is 9.52. The minimum Gasteiger partial charge on any atom is -0.387 e. The fourth-order valence-corrected chi connectivity index (χ4v) is 3.28. The van der Waals surface area contributed by atoms with Gasteiger partial charge in [0, 0.05) is 18.3 Å². The number of nitrogens with zero attached hydrogens (tertiary/aromatic N) is 3. The summed E-state index contributed by atoms with van der Waals surface area (Å²) in [5.74, 6) is 1.34. The van der Waals surface area contributed by atoms with Crippen LogP contribution in [0.1, 0.15) is 58.1 Å². The Hall–Kier alpha value is -1.34. The highest BCUT2D eigenvalue weighted by Gasteiger charge is 2.43. The van der Waals surface area contributed by atoms with E-state index in [0.29, 0.717) is 11.8 Å². The van der Waals surface area contributed by atoms with Crippen LogP contribution >= 0.6 is 0 Å². The number of aromatic nitrogens is 2. The third-order valence-corrected chi connectivity index (χ3v) is 4.90. The van der Waals surface area contributed by atoms with Gasteiger partial charge in [0.25, 0.3) is 0 Å². The third kappa shape index (κ3) is 2.73. The van der Waals surface area contributed by atoms with Gasteiger partial charge in [0.1, 0.15) is 6.10 Å². The molecule has 20 heavy (non-hydrogen) atoms. The van der Waals surface area contributed by atoms with E-state index in [0.717, 1.165) is 37.8 Å². The number of aryl methyl sites for hydroxylation is 1. The molecule has 1 atom stereocenters. The minimum absolute atomic E-state index is 0.632. The van der Waals surface area contributed by atoms with Crippen molar-refractivity contribution in [2.45, 2.75) is 59.1 Å². The highest BCUT2D eigenvalue weighted by atomic mass is 16.3. The molecule has 0 amide bonds. The van der Waals surface area contributed by atoms with E-state index in [4.69, 9.17) is 0 Å². The molecular weight excluding hydrogens is 250 g/mol. The minimum atomic E-state index is -0.721. The molecule has 0 aromatic carbocycles. The fourth-order valence-electron chi connectivity index (χ4n) is 3.28. The van der Waals surface area contributed by atoms with Gasteiger partial charge in [-0.2, -0.15) is 10.4 Å². The maximum atomic E-state index is 10.7. The zero-order valence-corrected chi connectivity index (χ0v) is 12.7. The summed E-state index contributed by atoms with van der Waals surface area (Å²) in [7, 11) is 0. The highest BCUT2D eigenvalue weighted by Crippen LogP contribution is 2.48. The topological polar surface area (TPSA) is 61.8 Å². The molecule has 0 spiro atoms. The number of aliphatic hydroxyl groups is 1. The smallest absolute Gasteiger partial charge is 0.101 e. The van der Waals surface area contributed by atoms with Crippen molar-refractivity contribution in [2.75, 3.05) is 0 Å². The molecule has 1 aromatic rings. The van der Waals surface area contributed by atoms with Gasteiger partial charge in [-0.05, 0) is 44.4 Å². The second-order valence-electron chi connectivity index (χ2n) is 6.38. The van der Waals surface area contributed by atoms with E-state index in [9.17, 15) is 10.4 Å². The summed E-state index contributed by atoms with van der Waals surface area (Å²) in [5, 5.41) is 24.5. The molecule has 1 N–H and O–H groups in total. The van der Waals surface area contributed by atoms with Gasteiger partial charge in [-0.15, -0.1) is 0 Å². The van der Waals surface area contributed by atoms with Crippen molar-refractivity contribution in [3.8, 4) is 6.07 Å². The molecule has 1 fully saturated rings. The molecule has 1 unspecified atom stereocenters. The predicted molar refractivity (Wildman–Crippen MR) is 77.7 cm³/mol. The van der Waals surface area contributed by atoms with E-state index in [1.807, 2.05) is 13.1 Å². The summed E-state index contributed by atoms with van der Waals surface area (Å²) in [5.41, 5.74) is 0.142. The second kappa shape index (κ2) is 5.97. The van der Waals surface area contributed by atoms with Gasteiger partial charge in [0.2, 0.25) is 0 Å². The van der Waals surface area contributed by atoms with Gasteiger partial charge in [-0.25, -0.2) is 0 Å². The van der Waals surface area contributed by atoms with Gasteiger partial charge in [0.05, 0.1) is 17.7 Å². The summed E-state index contributed by atoms with van der Waals surface area (Å²) in [6, 6.07) is 2.42. The van der Waals surface area contributed by atoms with Crippen molar-refractivity contribution in [1.29, 1.82) is 5.26 Å². The van der Waals surface area contributed by atoms with Gasteiger partial charge in [-0.3, -0.25) is 4.68 Å². The second-order valence-corrected chi connectivity index (χ2v) is 6.38. The molecule has 4 heteroatoms. The van der Waals surface area contributed by atoms with Gasteiger partial charge < -0.3 is 5.11 Å². The molecule has 0 bridgehead atoms. The average molecular weight is 275 g/mol. The predicted octanol–water partition coefficient (Wildman–Crippen LogP) is 3.29. The van der Waals surface area contributed by atoms with Crippen LogP contribution in [0.15, 0.2) is 12.4 Å². The average Bonchev–Trinajstić information content (AvgIpc) is 2.95. The Balaban J connectivity index is 2.14. The van der Waals surface area contributed by atoms with Crippen LogP contribution in [-0.4, -0.2) is 14.9 Å². The molecule has 1 aliphatic rings. The summed E-state index contributed by atoms with van der Waals surface area (Å²) >= 11 is 0. The quantitative estimate of drug-likeness (QED) is 0.917. The highest BCUT2D eigenvalue weighted by molar-refractivity contribution is 5.18. The lowest BCUT2D eigenvalue weighted by Crippen LogP contribution is -2.33. The summed E-state index contributed by atoms with van der Waals surface area (Å²) in [4.78, 5) is 0. The Morgan fingerprint density at radius 3 is 2.60 bits per heavy atom. The lowest BCUT2D eigenvalue weighted by Gasteiger charge is -2.39. The fraction of sp³-hybridized carbons (Fsp3) is 0.750. The molecule has 1 saturated carbocycles. The molecule has 4 nitrogen and oxygen atoms in total. The van der Waals surface area contributed by atoms with Crippen molar-refractivity contribution in [1.82, 2.24) is 9.78 Å². The van der Waals surface area contributed by atoms with Crippen molar-refractivity contribution in [2.24, 2.45) is 17.3 Å². The first kappa shape index (κ1) is 15.1. The Morgan fingerprint density at radius 1 is 1.50 bits per heavy atom. The zero-order valence-electron chi connectivity index (χ0n) is 12.7. The van der Waals surface area contributed by atoms with E-state index in [1.165, 1.54) is 0 Å². The van der Waals surface area contributed by atoms with E-state index >= 15 is 0 Å². The number of nitriles is 1. The Labute approximate surface area is 121 Å². The van der Waals surface area contributed by atoms with Gasteiger partial charge in [0.15, 0.2) is 0 Å². The first-order valence-electron chi connectivity index (χ1n) is 7.64. The maximum absolute atomic E-state index is 10.7. The van der Waals surface area contributed by atoms with Crippen molar-refractivity contribution in [3.05, 3.63) is 18.0 Å². The molecule has 1 aliphatic carbocycles. The van der Waals surface area contributed by atoms with Crippen LogP contribution in [0.3, 0.4) is 0 Å². The molecule has 0 aliphatic heterocycles. The lowest BCUT2D eigenvalue weighted by atomic mass is 9.65. The summed E-state index contributed by atoms with van der Waals surface area (Å²) in [6.07, 6.45) is 6.46. The van der Waals surface area contributed by atoms with E-state index < -0.39 is 11.5 Å². The van der Waals surface area contributed by atoms with Crippen LogP contribution in [0.2, 0.25) is 0 Å². The number of hydrogen-bond acceptors (Lipinski definition) is 3. The molecule has 1 heterocycles. The number of rotatable bonds is 4. The van der Waals surface area contributed by atoms with E-state index in [2.05, 4.69) is 25.0 Å². The third-order valence-electron chi connectivity index (χ3n) is 4.90. The van der Waals surface area contributed by atoms with Gasteiger partial charge >= 0.3 is 0 Å². The Bertz CT molecular complexity index is 478. The van der Waals surface area contributed by atoms with Crippen LogP contribution in [0.25, 0.3) is 0 Å². The Kier molecular flexibility index (Phi) is 4.49. The number of hydrogen-bond donors (Lipinski definition) is 1. The van der Waals surface area contributed by atoms with Crippen molar-refractivity contribution in [3.63, 3.8) is 0 Å². The zero-order chi connectivity index (χ0) is 14.8. The standard InChI is InChI=1S/C16H25N3O/c1-4-19-10-14(9-18-19)15(20)16(11-17)7-5-13(6-8-16)12(2)3/h9-10,12-13,15,20H,4-8H2,1-3H3. The monoisotopic (exact) mass is 275 g/mol. The summed E-state index contributed by atoms with van der Waals surface area (Å²) < 4.78 is 1.80. The van der Waals surface area contributed by atoms with Crippen LogP contribution in [-0.2, 0) is 6.54 Å². The molecule has 0 radical (unpaired) electrons. The van der Waals surface area contributed by atoms with E-state index in [1.54, 1.807) is 10.9 Å². The summed E-state index contributed by atoms with van der Waals surface area (Å²) in [6.45, 7) is 7.27. The Morgan fingerprint density at radius 2 is 2.15 bits per heavy atom. The molecule has 1 aromatic heterocycles. The molecule has 0 saturated heterocycles. The van der Waals surface area contributed by atoms with Crippen molar-refractivity contribution < 1.29 is 5.11 Å². The number of aliphatic hydroxyl groups excluding tert-OH is 1. The molecule has 110 valence electrons. The van der Waals surface area contributed by atoms with Crippen molar-refractivity contribution >= 4 is 0 Å². The molecular formula is C16H25N3O. The first-order valence-corrected chi connectivity index (χ1v) is 7.64. The van der Waals surface area contributed by atoms with Crippen LogP contribution in [0, 0.1) is 28.6 Å². The maximum Gasteiger partial charge on any atom is 0.101 e. The van der Waals surface area contributed by atoms with Gasteiger partial charge in [-0.1, -0.05) is 13.8 Å². The normalized spacial score (nSPS) is 28.3. The molecule has 2 rings (SSSR count). The SMILES string of the molecule is CCn1cc(C(O)C2(C#N)CCC(C(C)C)CC2)cn1. The van der Waals surface area contributed by atoms with E-state index in [-0.39, 0.29) is 0 Å².